The van der Waals surface area contributed by atoms with Crippen LogP contribution in [0.15, 0.2) is 16.5 Å². The summed E-state index contributed by atoms with van der Waals surface area (Å²) in [5, 5.41) is 1.09. The van der Waals surface area contributed by atoms with Gasteiger partial charge in [0.1, 0.15) is 4.99 Å². The van der Waals surface area contributed by atoms with Crippen molar-refractivity contribution in [1.82, 2.24) is 0 Å². The number of rotatable bonds is 0. The third-order valence-corrected chi connectivity index (χ3v) is 2.35. The van der Waals surface area contributed by atoms with Crippen LogP contribution < -0.4 is 0 Å². The minimum absolute atomic E-state index is 0.0519. The van der Waals surface area contributed by atoms with Crippen LogP contribution >= 0.6 is 12.2 Å². The van der Waals surface area contributed by atoms with E-state index in [9.17, 15) is 8.42 Å². The zero-order chi connectivity index (χ0) is 7.61. The zero-order valence-corrected chi connectivity index (χ0v) is 6.65. The molecule has 0 aromatic heterocycles. The summed E-state index contributed by atoms with van der Waals surface area (Å²) in [6.45, 7) is 0. The molecule has 0 spiro atoms. The first-order valence-electron chi connectivity index (χ1n) is 2.57. The molecule has 0 fully saturated rings. The highest BCUT2D eigenvalue weighted by atomic mass is 32.2. The van der Waals surface area contributed by atoms with Crippen molar-refractivity contribution in [3.05, 3.63) is 11.5 Å². The van der Waals surface area contributed by atoms with E-state index < -0.39 is 9.84 Å². The van der Waals surface area contributed by atoms with Crippen molar-refractivity contribution in [2.24, 2.45) is 4.99 Å². The van der Waals surface area contributed by atoms with Gasteiger partial charge in [0.15, 0.2) is 9.84 Å². The van der Waals surface area contributed by atoms with E-state index in [1.165, 1.54) is 12.3 Å². The summed E-state index contributed by atoms with van der Waals surface area (Å²) in [6, 6.07) is 0. The number of hydrogen-bond donors (Lipinski definition) is 0. The summed E-state index contributed by atoms with van der Waals surface area (Å²) in [5.41, 5.74) is 0. The lowest BCUT2D eigenvalue weighted by atomic mass is 10.6. The number of hydrogen-bond acceptors (Lipinski definition) is 3. The van der Waals surface area contributed by atoms with Crippen molar-refractivity contribution in [3.8, 4) is 0 Å². The molecule has 5 heteroatoms. The van der Waals surface area contributed by atoms with E-state index in [4.69, 9.17) is 0 Å². The van der Waals surface area contributed by atoms with Gasteiger partial charge in [-0.25, -0.2) is 13.4 Å². The monoisotopic (exact) mass is 175 g/mol. The van der Waals surface area contributed by atoms with Crippen LogP contribution in [0.4, 0.5) is 0 Å². The Morgan fingerprint density at radius 2 is 2.30 bits per heavy atom. The van der Waals surface area contributed by atoms with Crippen molar-refractivity contribution in [2.45, 2.75) is 0 Å². The van der Waals surface area contributed by atoms with Gasteiger partial charge in [-0.3, -0.25) is 0 Å². The zero-order valence-electron chi connectivity index (χ0n) is 5.02. The van der Waals surface area contributed by atoms with E-state index >= 15 is 0 Å². The van der Waals surface area contributed by atoms with Gasteiger partial charge >= 0.3 is 0 Å². The SMILES string of the molecule is O=S1(=O)C=CC(=S)N=CC1. The fraction of sp³-hybridized carbons (Fsp3) is 0.200. The number of aliphatic imine (C=N–C) groups is 1. The molecule has 1 aliphatic rings. The van der Waals surface area contributed by atoms with Gasteiger partial charge in [0, 0.05) is 11.6 Å². The van der Waals surface area contributed by atoms with E-state index in [0.717, 1.165) is 5.41 Å². The molecule has 54 valence electrons. The molecule has 10 heavy (non-hydrogen) atoms. The molecule has 0 radical (unpaired) electrons. The lowest BCUT2D eigenvalue weighted by Crippen LogP contribution is -2.00. The lowest BCUT2D eigenvalue weighted by molar-refractivity contribution is 0.608. The first kappa shape index (κ1) is 7.56. The largest absolute Gasteiger partial charge is 0.248 e. The molecule has 0 aromatic carbocycles. The van der Waals surface area contributed by atoms with Crippen LogP contribution in [0, 0.1) is 0 Å². The van der Waals surface area contributed by atoms with Gasteiger partial charge in [0.25, 0.3) is 0 Å². The third kappa shape index (κ3) is 2.00. The van der Waals surface area contributed by atoms with Crippen LogP contribution in [0.25, 0.3) is 0 Å². The molecule has 0 amide bonds. The van der Waals surface area contributed by atoms with Crippen molar-refractivity contribution < 1.29 is 8.42 Å². The number of thiocarbonyl (C=S) groups is 1. The Labute approximate surface area is 64.4 Å². The Kier molecular flexibility index (Phi) is 1.96. The molecule has 0 bridgehead atoms. The molecule has 1 heterocycles. The molecule has 3 nitrogen and oxygen atoms in total. The average molecular weight is 175 g/mol. The van der Waals surface area contributed by atoms with Crippen LogP contribution in [0.5, 0.6) is 0 Å². The molecule has 1 aliphatic heterocycles. The molecular formula is C5H5NO2S2. The van der Waals surface area contributed by atoms with Crippen LogP contribution in [0.1, 0.15) is 0 Å². The van der Waals surface area contributed by atoms with E-state index in [1.807, 2.05) is 0 Å². The van der Waals surface area contributed by atoms with Gasteiger partial charge in [-0.1, -0.05) is 12.2 Å². The van der Waals surface area contributed by atoms with Gasteiger partial charge in [0.2, 0.25) is 0 Å². The van der Waals surface area contributed by atoms with Crippen molar-refractivity contribution in [3.63, 3.8) is 0 Å². The summed E-state index contributed by atoms with van der Waals surface area (Å²) < 4.78 is 21.6. The van der Waals surface area contributed by atoms with E-state index in [0.29, 0.717) is 4.99 Å². The number of nitrogens with zero attached hydrogens (tertiary/aromatic N) is 1. The maximum atomic E-state index is 10.8. The highest BCUT2D eigenvalue weighted by molar-refractivity contribution is 7.95. The molecule has 0 aromatic rings. The Morgan fingerprint density at radius 1 is 1.60 bits per heavy atom. The highest BCUT2D eigenvalue weighted by Gasteiger charge is 2.05. The molecule has 0 atom stereocenters. The van der Waals surface area contributed by atoms with Crippen LogP contribution in [-0.4, -0.2) is 25.4 Å². The molecule has 0 aliphatic carbocycles. The first-order valence-corrected chi connectivity index (χ1v) is 4.70. The summed E-state index contributed by atoms with van der Waals surface area (Å²) in [4.78, 5) is 3.97. The quantitative estimate of drug-likeness (QED) is 0.498. The second-order valence-electron chi connectivity index (χ2n) is 1.78. The second kappa shape index (κ2) is 2.59. The Hall–Kier alpha value is -0.550. The summed E-state index contributed by atoms with van der Waals surface area (Å²) in [7, 11) is -3.07. The van der Waals surface area contributed by atoms with Gasteiger partial charge in [-0.2, -0.15) is 0 Å². The summed E-state index contributed by atoms with van der Waals surface area (Å²) in [6.07, 6.45) is 2.62. The minimum atomic E-state index is -3.07. The van der Waals surface area contributed by atoms with E-state index in [2.05, 4.69) is 17.2 Å². The average Bonchev–Trinajstić information content (AvgIpc) is 1.94. The van der Waals surface area contributed by atoms with Gasteiger partial charge < -0.3 is 0 Å². The number of sulfone groups is 1. The molecule has 0 saturated carbocycles. The lowest BCUT2D eigenvalue weighted by Gasteiger charge is -1.84. The first-order chi connectivity index (χ1) is 4.60. The predicted molar refractivity (Wildman–Crippen MR) is 44.0 cm³/mol. The van der Waals surface area contributed by atoms with Crippen LogP contribution in [-0.2, 0) is 9.84 Å². The Balaban J connectivity index is 3.05. The Bertz CT molecular complexity index is 300. The normalized spacial score (nSPS) is 22.6. The molecule has 1 rings (SSSR count). The summed E-state index contributed by atoms with van der Waals surface area (Å²) in [5.74, 6) is -0.0519. The smallest absolute Gasteiger partial charge is 0.176 e. The van der Waals surface area contributed by atoms with Gasteiger partial charge in [-0.15, -0.1) is 0 Å². The maximum absolute atomic E-state index is 10.8. The highest BCUT2D eigenvalue weighted by Crippen LogP contribution is 1.97. The molecule has 0 unspecified atom stereocenters. The van der Waals surface area contributed by atoms with Crippen LogP contribution in [0.2, 0.25) is 0 Å². The van der Waals surface area contributed by atoms with Crippen molar-refractivity contribution >= 4 is 33.3 Å². The second-order valence-corrected chi connectivity index (χ2v) is 4.13. The molecule has 0 N–H and O–H groups in total. The fourth-order valence-corrected chi connectivity index (χ4v) is 1.45. The van der Waals surface area contributed by atoms with Crippen LogP contribution in [0.3, 0.4) is 0 Å². The third-order valence-electron chi connectivity index (χ3n) is 0.943. The van der Waals surface area contributed by atoms with E-state index in [-0.39, 0.29) is 5.75 Å². The predicted octanol–water partition coefficient (Wildman–Crippen LogP) is 0.327. The molecular weight excluding hydrogens is 170 g/mol. The summed E-state index contributed by atoms with van der Waals surface area (Å²) >= 11 is 4.65. The maximum Gasteiger partial charge on any atom is 0.176 e. The molecule has 0 saturated heterocycles. The van der Waals surface area contributed by atoms with Gasteiger partial charge in [-0.05, 0) is 6.08 Å². The fourth-order valence-electron chi connectivity index (χ4n) is 0.492. The van der Waals surface area contributed by atoms with Crippen molar-refractivity contribution in [1.29, 1.82) is 0 Å². The standard InChI is InChI=1S/C5H5NO2S2/c7-10(8)3-1-5(9)6-2-4-10/h1-3H,4H2. The topological polar surface area (TPSA) is 46.5 Å². The van der Waals surface area contributed by atoms with Crippen molar-refractivity contribution in [2.75, 3.05) is 5.75 Å². The van der Waals surface area contributed by atoms with E-state index in [1.54, 1.807) is 0 Å². The Morgan fingerprint density at radius 3 is 3.00 bits per heavy atom. The minimum Gasteiger partial charge on any atom is -0.248 e. The van der Waals surface area contributed by atoms with Gasteiger partial charge in [0.05, 0.1) is 5.75 Å².